The predicted molar refractivity (Wildman–Crippen MR) is 229 cm³/mol. The van der Waals surface area contributed by atoms with Crippen LogP contribution >= 0.6 is 0 Å². The standard InChI is InChI=1S/C52H33NO/c1-2-13-34(14-3-1)37-17-10-19-40(31-37)53(41-20-11-18-38(32-41)44-24-12-26-49-51(44)46-23-8-9-25-48(46)54-49)47-33-39-28-27-35-15-4-6-21-42(35)50(39)52-43-22-7-5-16-36(43)29-30-45(47)52/h1-33H. The van der Waals surface area contributed by atoms with Gasteiger partial charge in [0.05, 0.1) is 5.69 Å². The van der Waals surface area contributed by atoms with Crippen LogP contribution in [0.5, 0.6) is 0 Å². The first kappa shape index (κ1) is 30.5. The molecule has 0 saturated heterocycles. The summed E-state index contributed by atoms with van der Waals surface area (Å²) in [6.45, 7) is 0. The Labute approximate surface area is 312 Å². The van der Waals surface area contributed by atoms with Crippen LogP contribution in [0.25, 0.3) is 87.3 Å². The van der Waals surface area contributed by atoms with E-state index in [1.165, 1.54) is 54.2 Å². The average Bonchev–Trinajstić information content (AvgIpc) is 3.63. The molecule has 11 aromatic rings. The summed E-state index contributed by atoms with van der Waals surface area (Å²) >= 11 is 0. The van der Waals surface area contributed by atoms with E-state index >= 15 is 0 Å². The third-order valence-corrected chi connectivity index (χ3v) is 11.0. The van der Waals surface area contributed by atoms with Gasteiger partial charge in [0.2, 0.25) is 0 Å². The van der Waals surface area contributed by atoms with Crippen molar-refractivity contribution in [1.82, 2.24) is 0 Å². The highest BCUT2D eigenvalue weighted by molar-refractivity contribution is 6.30. The third-order valence-electron chi connectivity index (χ3n) is 11.0. The molecule has 2 heteroatoms. The first-order chi connectivity index (χ1) is 26.8. The molecule has 252 valence electrons. The predicted octanol–water partition coefficient (Wildman–Crippen LogP) is 15.0. The highest BCUT2D eigenvalue weighted by Gasteiger charge is 2.21. The van der Waals surface area contributed by atoms with Crippen LogP contribution in [0.2, 0.25) is 0 Å². The average molecular weight is 688 g/mol. The molecule has 0 radical (unpaired) electrons. The fourth-order valence-electron chi connectivity index (χ4n) is 8.56. The summed E-state index contributed by atoms with van der Waals surface area (Å²) in [5, 5.41) is 12.2. The molecule has 0 aliphatic heterocycles. The van der Waals surface area contributed by atoms with Gasteiger partial charge in [-0.1, -0.05) is 158 Å². The smallest absolute Gasteiger partial charge is 0.136 e. The Morgan fingerprint density at radius 2 is 0.889 bits per heavy atom. The maximum absolute atomic E-state index is 6.33. The fourth-order valence-corrected chi connectivity index (χ4v) is 8.56. The lowest BCUT2D eigenvalue weighted by molar-refractivity contribution is 0.669. The lowest BCUT2D eigenvalue weighted by Gasteiger charge is -2.29. The molecular formula is C52H33NO. The van der Waals surface area contributed by atoms with E-state index in [2.05, 4.69) is 199 Å². The number of nitrogens with zero attached hydrogens (tertiary/aromatic N) is 1. The Morgan fingerprint density at radius 1 is 0.315 bits per heavy atom. The molecule has 2 nitrogen and oxygen atoms in total. The van der Waals surface area contributed by atoms with Crippen LogP contribution in [0.3, 0.4) is 0 Å². The molecule has 0 fully saturated rings. The van der Waals surface area contributed by atoms with Gasteiger partial charge in [-0.2, -0.15) is 0 Å². The van der Waals surface area contributed by atoms with E-state index in [1.807, 2.05) is 6.07 Å². The second kappa shape index (κ2) is 12.2. The molecule has 11 rings (SSSR count). The maximum atomic E-state index is 6.33. The molecule has 0 aliphatic rings. The molecule has 0 spiro atoms. The summed E-state index contributed by atoms with van der Waals surface area (Å²) in [6, 6.07) is 72.4. The Bertz CT molecular complexity index is 3230. The largest absolute Gasteiger partial charge is 0.456 e. The molecule has 10 aromatic carbocycles. The lowest BCUT2D eigenvalue weighted by atomic mass is 9.91. The zero-order valence-corrected chi connectivity index (χ0v) is 29.4. The lowest BCUT2D eigenvalue weighted by Crippen LogP contribution is -2.11. The van der Waals surface area contributed by atoms with Crippen molar-refractivity contribution in [2.75, 3.05) is 4.90 Å². The van der Waals surface area contributed by atoms with Crippen molar-refractivity contribution in [3.63, 3.8) is 0 Å². The van der Waals surface area contributed by atoms with E-state index in [0.29, 0.717) is 0 Å². The highest BCUT2D eigenvalue weighted by Crippen LogP contribution is 2.47. The number of hydrogen-bond donors (Lipinski definition) is 0. The monoisotopic (exact) mass is 687 g/mol. The molecular weight excluding hydrogens is 655 g/mol. The SMILES string of the molecule is c1ccc(-c2cccc(N(c3cccc(-c4cccc5oc6ccccc6c45)c3)c3cc4ccc5ccccc5c4c4c3ccc3ccccc34)c2)cc1. The van der Waals surface area contributed by atoms with Gasteiger partial charge in [0.1, 0.15) is 11.2 Å². The topological polar surface area (TPSA) is 16.4 Å². The van der Waals surface area contributed by atoms with Crippen molar-refractivity contribution in [1.29, 1.82) is 0 Å². The van der Waals surface area contributed by atoms with Crippen molar-refractivity contribution >= 4 is 82.1 Å². The Balaban J connectivity index is 1.23. The van der Waals surface area contributed by atoms with E-state index < -0.39 is 0 Å². The quantitative estimate of drug-likeness (QED) is 0.168. The third kappa shape index (κ3) is 4.81. The number of para-hydroxylation sites is 1. The summed E-state index contributed by atoms with van der Waals surface area (Å²) in [7, 11) is 0. The summed E-state index contributed by atoms with van der Waals surface area (Å²) < 4.78 is 6.33. The van der Waals surface area contributed by atoms with Gasteiger partial charge in [-0.3, -0.25) is 0 Å². The Hall–Kier alpha value is -7.16. The summed E-state index contributed by atoms with van der Waals surface area (Å²) in [4.78, 5) is 2.45. The van der Waals surface area contributed by atoms with Crippen LogP contribution in [0.15, 0.2) is 205 Å². The van der Waals surface area contributed by atoms with E-state index in [-0.39, 0.29) is 0 Å². The Morgan fingerprint density at radius 3 is 1.69 bits per heavy atom. The van der Waals surface area contributed by atoms with Crippen LogP contribution in [0.4, 0.5) is 17.1 Å². The zero-order chi connectivity index (χ0) is 35.6. The van der Waals surface area contributed by atoms with Crippen molar-refractivity contribution in [3.05, 3.63) is 200 Å². The van der Waals surface area contributed by atoms with Gasteiger partial charge in [0.15, 0.2) is 0 Å². The van der Waals surface area contributed by atoms with E-state index in [1.54, 1.807) is 0 Å². The molecule has 0 amide bonds. The van der Waals surface area contributed by atoms with Gasteiger partial charge < -0.3 is 9.32 Å². The molecule has 0 aliphatic carbocycles. The van der Waals surface area contributed by atoms with Gasteiger partial charge in [-0.15, -0.1) is 0 Å². The molecule has 0 atom stereocenters. The number of furan rings is 1. The first-order valence-electron chi connectivity index (χ1n) is 18.5. The minimum absolute atomic E-state index is 0.895. The van der Waals surface area contributed by atoms with E-state index in [9.17, 15) is 0 Å². The van der Waals surface area contributed by atoms with Crippen molar-refractivity contribution in [2.45, 2.75) is 0 Å². The fraction of sp³-hybridized carbons (Fsp3) is 0. The van der Waals surface area contributed by atoms with Gasteiger partial charge >= 0.3 is 0 Å². The maximum Gasteiger partial charge on any atom is 0.136 e. The molecule has 0 saturated carbocycles. The van der Waals surface area contributed by atoms with Gasteiger partial charge in [0.25, 0.3) is 0 Å². The number of hydrogen-bond acceptors (Lipinski definition) is 2. The van der Waals surface area contributed by atoms with Crippen LogP contribution in [-0.2, 0) is 0 Å². The normalized spacial score (nSPS) is 11.7. The van der Waals surface area contributed by atoms with E-state index in [4.69, 9.17) is 4.42 Å². The first-order valence-corrected chi connectivity index (χ1v) is 18.5. The number of benzene rings is 10. The number of anilines is 3. The van der Waals surface area contributed by atoms with Gasteiger partial charge in [0, 0.05) is 32.9 Å². The Kier molecular flexibility index (Phi) is 6.90. The van der Waals surface area contributed by atoms with E-state index in [0.717, 1.165) is 50.1 Å². The van der Waals surface area contributed by atoms with Crippen molar-refractivity contribution in [2.24, 2.45) is 0 Å². The number of rotatable bonds is 5. The highest BCUT2D eigenvalue weighted by atomic mass is 16.3. The molecule has 0 N–H and O–H groups in total. The number of fused-ring (bicyclic) bond motifs is 10. The van der Waals surface area contributed by atoms with Crippen molar-refractivity contribution < 1.29 is 4.42 Å². The van der Waals surface area contributed by atoms with Gasteiger partial charge in [-0.25, -0.2) is 0 Å². The van der Waals surface area contributed by atoms with Crippen molar-refractivity contribution in [3.8, 4) is 22.3 Å². The van der Waals surface area contributed by atoms with Crippen LogP contribution in [0.1, 0.15) is 0 Å². The minimum Gasteiger partial charge on any atom is -0.456 e. The molecule has 54 heavy (non-hydrogen) atoms. The summed E-state index contributed by atoms with van der Waals surface area (Å²) in [5.74, 6) is 0. The van der Waals surface area contributed by atoms with Crippen LogP contribution < -0.4 is 4.90 Å². The molecule has 1 aromatic heterocycles. The van der Waals surface area contributed by atoms with Gasteiger partial charge in [-0.05, 0) is 97.0 Å². The zero-order valence-electron chi connectivity index (χ0n) is 29.4. The molecule has 0 unspecified atom stereocenters. The molecule has 1 heterocycles. The molecule has 0 bridgehead atoms. The van der Waals surface area contributed by atoms with Crippen LogP contribution in [-0.4, -0.2) is 0 Å². The van der Waals surface area contributed by atoms with Crippen LogP contribution in [0, 0.1) is 0 Å². The summed E-state index contributed by atoms with van der Waals surface area (Å²) in [6.07, 6.45) is 0. The summed E-state index contributed by atoms with van der Waals surface area (Å²) in [5.41, 5.74) is 9.75. The second-order valence-electron chi connectivity index (χ2n) is 14.1. The minimum atomic E-state index is 0.895. The second-order valence-corrected chi connectivity index (χ2v) is 14.1.